The summed E-state index contributed by atoms with van der Waals surface area (Å²) in [6.45, 7) is 9.13. The lowest BCUT2D eigenvalue weighted by Gasteiger charge is -2.32. The first kappa shape index (κ1) is 25.8. The Hall–Kier alpha value is -4.16. The molecule has 0 N–H and O–H groups in total. The Morgan fingerprint density at radius 1 is 0.439 bits per heavy atom. The smallest absolute Gasteiger partial charge is 0.0215 e. The molecule has 0 unspecified atom stereocenters. The molecule has 0 amide bonds. The Morgan fingerprint density at radius 3 is 1.24 bits per heavy atom. The van der Waals surface area contributed by atoms with Gasteiger partial charge in [-0.05, 0) is 116 Å². The summed E-state index contributed by atoms with van der Waals surface area (Å²) in [5, 5.41) is 5.37. The fourth-order valence-corrected chi connectivity index (χ4v) is 7.75. The molecule has 0 aliphatic heterocycles. The van der Waals surface area contributed by atoms with Gasteiger partial charge in [0.2, 0.25) is 0 Å². The number of hydrogen-bond acceptors (Lipinski definition) is 0. The Balaban J connectivity index is 1.44. The summed E-state index contributed by atoms with van der Waals surface area (Å²) >= 11 is 0. The fraction of sp³-hybridized carbons (Fsp3) is 0.220. The monoisotopic (exact) mass is 530 g/mol. The van der Waals surface area contributed by atoms with Crippen LogP contribution in [0.15, 0.2) is 109 Å². The fourth-order valence-electron chi connectivity index (χ4n) is 7.75. The first-order valence-electron chi connectivity index (χ1n) is 15.3. The van der Waals surface area contributed by atoms with E-state index in [9.17, 15) is 0 Å². The molecular weight excluding hydrogens is 492 g/mol. The molecule has 0 saturated heterocycles. The minimum absolute atomic E-state index is 0.0290. The highest BCUT2D eigenvalue weighted by atomic mass is 14.4. The van der Waals surface area contributed by atoms with Gasteiger partial charge in [-0.3, -0.25) is 0 Å². The Bertz CT molecular complexity index is 1790. The zero-order valence-electron chi connectivity index (χ0n) is 24.7. The maximum atomic E-state index is 2.54. The van der Waals surface area contributed by atoms with E-state index in [4.69, 9.17) is 0 Å². The zero-order valence-corrected chi connectivity index (χ0v) is 24.7. The van der Waals surface area contributed by atoms with Gasteiger partial charge in [-0.1, -0.05) is 124 Å². The predicted molar refractivity (Wildman–Crippen MR) is 178 cm³/mol. The standard InChI is InChI=1S/C41H38/c1-5-23-41(24-6-2)39-25-29(33-19-15-27(3)31-11-7-9-13-35(31)33)17-21-37(39)38-22-18-30(26-40(38)41)34-20-16-28(4)32-12-8-10-14-36(32)34/h7-22,25-26H,5-6,23-24H2,1-4H3. The quantitative estimate of drug-likeness (QED) is 0.201. The molecule has 0 spiro atoms. The van der Waals surface area contributed by atoms with Crippen molar-refractivity contribution in [3.05, 3.63) is 131 Å². The van der Waals surface area contributed by atoms with E-state index in [2.05, 4.69) is 137 Å². The molecule has 0 heterocycles. The van der Waals surface area contributed by atoms with Gasteiger partial charge in [0.25, 0.3) is 0 Å². The number of hydrogen-bond donors (Lipinski definition) is 0. The van der Waals surface area contributed by atoms with Crippen LogP contribution in [-0.4, -0.2) is 0 Å². The van der Waals surface area contributed by atoms with Crippen molar-refractivity contribution in [1.82, 2.24) is 0 Å². The first-order chi connectivity index (χ1) is 20.1. The molecule has 0 aromatic heterocycles. The summed E-state index contributed by atoms with van der Waals surface area (Å²) in [5.41, 5.74) is 13.9. The summed E-state index contributed by atoms with van der Waals surface area (Å²) < 4.78 is 0. The van der Waals surface area contributed by atoms with Crippen molar-refractivity contribution in [3.8, 4) is 33.4 Å². The van der Waals surface area contributed by atoms with Gasteiger partial charge in [-0.25, -0.2) is 0 Å². The highest BCUT2D eigenvalue weighted by Gasteiger charge is 2.42. The molecule has 0 fully saturated rings. The highest BCUT2D eigenvalue weighted by molar-refractivity contribution is 6.01. The van der Waals surface area contributed by atoms with Gasteiger partial charge >= 0.3 is 0 Å². The van der Waals surface area contributed by atoms with Crippen molar-refractivity contribution in [3.63, 3.8) is 0 Å². The van der Waals surface area contributed by atoms with Crippen LogP contribution in [0.5, 0.6) is 0 Å². The summed E-state index contributed by atoms with van der Waals surface area (Å²) in [6, 6.07) is 41.5. The van der Waals surface area contributed by atoms with Gasteiger partial charge in [0.15, 0.2) is 0 Å². The largest absolute Gasteiger partial charge is 0.0653 e. The van der Waals surface area contributed by atoms with Crippen LogP contribution in [0.1, 0.15) is 61.8 Å². The Morgan fingerprint density at radius 2 is 0.829 bits per heavy atom. The normalized spacial score (nSPS) is 13.5. The van der Waals surface area contributed by atoms with Gasteiger partial charge in [-0.2, -0.15) is 0 Å². The first-order valence-corrected chi connectivity index (χ1v) is 15.3. The molecule has 1 aliphatic carbocycles. The van der Waals surface area contributed by atoms with E-state index >= 15 is 0 Å². The molecule has 202 valence electrons. The molecule has 7 rings (SSSR count). The number of aryl methyl sites for hydroxylation is 2. The molecule has 1 aliphatic rings. The average Bonchev–Trinajstić information content (AvgIpc) is 3.26. The van der Waals surface area contributed by atoms with E-state index in [0.717, 1.165) is 25.7 Å². The molecule has 6 aromatic rings. The third kappa shape index (κ3) is 3.96. The minimum Gasteiger partial charge on any atom is -0.0653 e. The van der Waals surface area contributed by atoms with E-state index in [1.807, 2.05) is 0 Å². The molecule has 0 atom stereocenters. The molecule has 0 bridgehead atoms. The molecule has 0 nitrogen and oxygen atoms in total. The Kier molecular flexibility index (Phi) is 6.31. The maximum absolute atomic E-state index is 2.54. The van der Waals surface area contributed by atoms with E-state index in [1.165, 1.54) is 77.2 Å². The third-order valence-electron chi connectivity index (χ3n) is 9.62. The second kappa shape index (κ2) is 10.0. The van der Waals surface area contributed by atoms with Gasteiger partial charge in [0.1, 0.15) is 0 Å². The number of benzene rings is 6. The second-order valence-corrected chi connectivity index (χ2v) is 12.1. The lowest BCUT2D eigenvalue weighted by atomic mass is 9.70. The van der Waals surface area contributed by atoms with E-state index in [1.54, 1.807) is 0 Å². The molecule has 6 aromatic carbocycles. The van der Waals surface area contributed by atoms with Crippen LogP contribution in [0.4, 0.5) is 0 Å². The molecular formula is C41H38. The minimum atomic E-state index is 0.0290. The van der Waals surface area contributed by atoms with Crippen molar-refractivity contribution in [2.75, 3.05) is 0 Å². The van der Waals surface area contributed by atoms with Crippen molar-refractivity contribution in [2.45, 2.75) is 58.8 Å². The topological polar surface area (TPSA) is 0 Å². The van der Waals surface area contributed by atoms with Crippen LogP contribution < -0.4 is 0 Å². The van der Waals surface area contributed by atoms with Crippen LogP contribution in [0, 0.1) is 13.8 Å². The second-order valence-electron chi connectivity index (χ2n) is 12.1. The van der Waals surface area contributed by atoms with Crippen LogP contribution in [0.2, 0.25) is 0 Å². The predicted octanol–water partition coefficient (Wildman–Crippen LogP) is 11.8. The number of rotatable bonds is 6. The highest BCUT2D eigenvalue weighted by Crippen LogP contribution is 2.55. The lowest BCUT2D eigenvalue weighted by Crippen LogP contribution is -2.25. The maximum Gasteiger partial charge on any atom is 0.0215 e. The molecule has 0 radical (unpaired) electrons. The van der Waals surface area contributed by atoms with Crippen LogP contribution in [-0.2, 0) is 5.41 Å². The van der Waals surface area contributed by atoms with Gasteiger partial charge in [0.05, 0.1) is 0 Å². The van der Waals surface area contributed by atoms with Crippen molar-refractivity contribution in [1.29, 1.82) is 0 Å². The summed E-state index contributed by atoms with van der Waals surface area (Å²) in [7, 11) is 0. The lowest BCUT2D eigenvalue weighted by molar-refractivity contribution is 0.436. The average molecular weight is 531 g/mol. The van der Waals surface area contributed by atoms with Gasteiger partial charge < -0.3 is 0 Å². The van der Waals surface area contributed by atoms with Crippen molar-refractivity contribution < 1.29 is 0 Å². The van der Waals surface area contributed by atoms with E-state index in [-0.39, 0.29) is 5.41 Å². The SMILES string of the molecule is CCCC1(CCC)c2cc(-c3ccc(C)c4ccccc34)ccc2-c2ccc(-c3ccc(C)c4ccccc34)cc21. The van der Waals surface area contributed by atoms with Gasteiger partial charge in [-0.15, -0.1) is 0 Å². The van der Waals surface area contributed by atoms with Crippen LogP contribution in [0.3, 0.4) is 0 Å². The molecule has 41 heavy (non-hydrogen) atoms. The van der Waals surface area contributed by atoms with Crippen LogP contribution >= 0.6 is 0 Å². The van der Waals surface area contributed by atoms with Gasteiger partial charge in [0, 0.05) is 5.41 Å². The number of fused-ring (bicyclic) bond motifs is 5. The summed E-state index contributed by atoms with van der Waals surface area (Å²) in [4.78, 5) is 0. The third-order valence-corrected chi connectivity index (χ3v) is 9.62. The zero-order chi connectivity index (χ0) is 28.1. The molecule has 0 saturated carbocycles. The molecule has 0 heteroatoms. The van der Waals surface area contributed by atoms with Crippen molar-refractivity contribution in [2.24, 2.45) is 0 Å². The van der Waals surface area contributed by atoms with Crippen molar-refractivity contribution >= 4 is 21.5 Å². The van der Waals surface area contributed by atoms with E-state index < -0.39 is 0 Å². The Labute approximate surface area is 244 Å². The summed E-state index contributed by atoms with van der Waals surface area (Å²) in [5.74, 6) is 0. The van der Waals surface area contributed by atoms with Crippen LogP contribution in [0.25, 0.3) is 54.9 Å². The van der Waals surface area contributed by atoms with E-state index in [0.29, 0.717) is 0 Å². The summed E-state index contributed by atoms with van der Waals surface area (Å²) in [6.07, 6.45) is 4.65.